The van der Waals surface area contributed by atoms with Gasteiger partial charge in [-0.1, -0.05) is 102 Å². The number of allylic oxidation sites excluding steroid dienone is 2. The lowest BCUT2D eigenvalue weighted by molar-refractivity contribution is 0.210. The summed E-state index contributed by atoms with van der Waals surface area (Å²) >= 11 is 0. The molecule has 1 fully saturated rings. The molecule has 2 unspecified atom stereocenters. The predicted octanol–water partition coefficient (Wildman–Crippen LogP) is 9.64. The number of hydrogen-bond donors (Lipinski definition) is 0. The summed E-state index contributed by atoms with van der Waals surface area (Å²) in [6, 6.07) is 9.95. The number of aryl methyl sites for hydroxylation is 1. The summed E-state index contributed by atoms with van der Waals surface area (Å²) < 4.78 is 0. The number of rotatable bonds is 12. The zero-order valence-corrected chi connectivity index (χ0v) is 20.1. The largest absolute Gasteiger partial charge is 0.0885 e. The Morgan fingerprint density at radius 2 is 1.53 bits per heavy atom. The molecule has 3 rings (SSSR count). The van der Waals surface area contributed by atoms with E-state index in [0.717, 1.165) is 23.7 Å². The molecule has 168 valence electrons. The Labute approximate surface area is 187 Å². The molecule has 0 nitrogen and oxygen atoms in total. The molecule has 1 aromatic rings. The summed E-state index contributed by atoms with van der Waals surface area (Å²) in [7, 11) is 0. The fraction of sp³-hybridized carbons (Fsp3) is 0.733. The molecule has 0 bridgehead atoms. The van der Waals surface area contributed by atoms with Gasteiger partial charge in [-0.25, -0.2) is 0 Å². The molecule has 2 aliphatic rings. The van der Waals surface area contributed by atoms with E-state index in [1.54, 1.807) is 11.1 Å². The molecule has 0 saturated heterocycles. The van der Waals surface area contributed by atoms with Gasteiger partial charge in [-0.15, -0.1) is 0 Å². The van der Waals surface area contributed by atoms with Crippen LogP contribution in [0.15, 0.2) is 36.4 Å². The lowest BCUT2D eigenvalue weighted by Gasteiger charge is -2.36. The van der Waals surface area contributed by atoms with Gasteiger partial charge in [-0.3, -0.25) is 0 Å². The van der Waals surface area contributed by atoms with Crippen LogP contribution in [0.4, 0.5) is 0 Å². The van der Waals surface area contributed by atoms with Gasteiger partial charge < -0.3 is 0 Å². The highest BCUT2D eigenvalue weighted by Gasteiger charge is 2.30. The Morgan fingerprint density at radius 3 is 2.20 bits per heavy atom. The molecule has 0 heterocycles. The second kappa shape index (κ2) is 13.4. The fourth-order valence-corrected chi connectivity index (χ4v) is 6.09. The minimum atomic E-state index is 0.794. The van der Waals surface area contributed by atoms with Crippen molar-refractivity contribution >= 4 is 0 Å². The standard InChI is InChI=1S/C30H48/c1-3-5-7-9-13-26-18-22-29(23-19-26)30(24-27-14-10-8-11-15-27)28-20-16-25(17-21-28)12-6-4-2/h8,10,18-19,22-23,25,27-28,30H,3-7,9,11-17,20-21,24H2,1-2H3. The Hall–Kier alpha value is -1.04. The maximum Gasteiger partial charge on any atom is -0.0131 e. The summed E-state index contributed by atoms with van der Waals surface area (Å²) in [4.78, 5) is 0. The van der Waals surface area contributed by atoms with E-state index in [2.05, 4.69) is 50.3 Å². The molecule has 0 amide bonds. The second-order valence-corrected chi connectivity index (χ2v) is 10.5. The summed E-state index contributed by atoms with van der Waals surface area (Å²) in [5, 5.41) is 0. The number of hydrogen-bond acceptors (Lipinski definition) is 0. The Balaban J connectivity index is 1.61. The summed E-state index contributed by atoms with van der Waals surface area (Å²) in [5.74, 6) is 3.64. The highest BCUT2D eigenvalue weighted by molar-refractivity contribution is 5.26. The molecule has 0 N–H and O–H groups in total. The van der Waals surface area contributed by atoms with Gasteiger partial charge in [0.25, 0.3) is 0 Å². The highest BCUT2D eigenvalue weighted by atomic mass is 14.3. The van der Waals surface area contributed by atoms with E-state index >= 15 is 0 Å². The van der Waals surface area contributed by atoms with Crippen molar-refractivity contribution in [3.63, 3.8) is 0 Å². The molecule has 0 heteroatoms. The van der Waals surface area contributed by atoms with Crippen molar-refractivity contribution < 1.29 is 0 Å². The Kier molecular flexibility index (Phi) is 10.5. The normalized spacial score (nSPS) is 25.3. The van der Waals surface area contributed by atoms with Gasteiger partial charge >= 0.3 is 0 Å². The summed E-state index contributed by atoms with van der Waals surface area (Å²) in [5.41, 5.74) is 3.20. The fourth-order valence-electron chi connectivity index (χ4n) is 6.09. The van der Waals surface area contributed by atoms with Crippen molar-refractivity contribution in [2.75, 3.05) is 0 Å². The maximum atomic E-state index is 2.52. The molecular weight excluding hydrogens is 360 g/mol. The van der Waals surface area contributed by atoms with Gasteiger partial charge in [-0.2, -0.15) is 0 Å². The van der Waals surface area contributed by atoms with Gasteiger partial charge in [0.2, 0.25) is 0 Å². The van der Waals surface area contributed by atoms with Crippen molar-refractivity contribution in [2.45, 2.75) is 122 Å². The lowest BCUT2D eigenvalue weighted by Crippen LogP contribution is -2.23. The molecule has 0 aliphatic heterocycles. The number of benzene rings is 1. The van der Waals surface area contributed by atoms with Crippen molar-refractivity contribution in [3.05, 3.63) is 47.5 Å². The van der Waals surface area contributed by atoms with Gasteiger partial charge in [0.1, 0.15) is 0 Å². The molecular formula is C30H48. The van der Waals surface area contributed by atoms with Gasteiger partial charge in [0.05, 0.1) is 0 Å². The van der Waals surface area contributed by atoms with Crippen LogP contribution in [0.1, 0.15) is 127 Å². The van der Waals surface area contributed by atoms with Crippen molar-refractivity contribution in [2.24, 2.45) is 17.8 Å². The van der Waals surface area contributed by atoms with Crippen LogP contribution >= 0.6 is 0 Å². The first kappa shape index (κ1) is 23.6. The van der Waals surface area contributed by atoms with E-state index in [-0.39, 0.29) is 0 Å². The van der Waals surface area contributed by atoms with E-state index in [9.17, 15) is 0 Å². The van der Waals surface area contributed by atoms with Crippen molar-refractivity contribution in [1.29, 1.82) is 0 Å². The molecule has 0 radical (unpaired) electrons. The average Bonchev–Trinajstić information content (AvgIpc) is 2.81. The zero-order valence-electron chi connectivity index (χ0n) is 20.1. The topological polar surface area (TPSA) is 0 Å². The smallest absolute Gasteiger partial charge is 0.0131 e. The third-order valence-corrected chi connectivity index (χ3v) is 8.12. The van der Waals surface area contributed by atoms with Crippen LogP contribution in [0, 0.1) is 17.8 Å². The molecule has 2 atom stereocenters. The van der Waals surface area contributed by atoms with E-state index in [0.29, 0.717) is 0 Å². The van der Waals surface area contributed by atoms with Crippen LogP contribution in [-0.4, -0.2) is 0 Å². The van der Waals surface area contributed by atoms with Crippen LogP contribution < -0.4 is 0 Å². The van der Waals surface area contributed by atoms with Crippen LogP contribution in [0.5, 0.6) is 0 Å². The second-order valence-electron chi connectivity index (χ2n) is 10.5. The zero-order chi connectivity index (χ0) is 21.0. The monoisotopic (exact) mass is 408 g/mol. The molecule has 30 heavy (non-hydrogen) atoms. The first-order valence-corrected chi connectivity index (χ1v) is 13.5. The SMILES string of the molecule is CCCCCCc1ccc(C(CC2CC=CCC2)C2CCC(CCCC)CC2)cc1. The van der Waals surface area contributed by atoms with Crippen molar-refractivity contribution in [1.82, 2.24) is 0 Å². The third-order valence-electron chi connectivity index (χ3n) is 8.12. The van der Waals surface area contributed by atoms with Crippen LogP contribution in [0.2, 0.25) is 0 Å². The quantitative estimate of drug-likeness (QED) is 0.238. The Morgan fingerprint density at radius 1 is 0.767 bits per heavy atom. The van der Waals surface area contributed by atoms with E-state index in [1.807, 2.05) is 0 Å². The third kappa shape index (κ3) is 7.58. The van der Waals surface area contributed by atoms with Crippen LogP contribution in [-0.2, 0) is 6.42 Å². The van der Waals surface area contributed by atoms with E-state index < -0.39 is 0 Å². The van der Waals surface area contributed by atoms with E-state index in [4.69, 9.17) is 0 Å². The lowest BCUT2D eigenvalue weighted by atomic mass is 9.69. The van der Waals surface area contributed by atoms with Gasteiger partial charge in [0.15, 0.2) is 0 Å². The molecule has 1 aromatic carbocycles. The molecule has 1 saturated carbocycles. The van der Waals surface area contributed by atoms with Gasteiger partial charge in [0, 0.05) is 0 Å². The first-order valence-electron chi connectivity index (χ1n) is 13.5. The first-order chi connectivity index (χ1) is 14.8. The minimum Gasteiger partial charge on any atom is -0.0885 e. The van der Waals surface area contributed by atoms with Crippen LogP contribution in [0.25, 0.3) is 0 Å². The summed E-state index contributed by atoms with van der Waals surface area (Å²) in [6.07, 6.45) is 27.2. The molecule has 0 spiro atoms. The van der Waals surface area contributed by atoms with Crippen LogP contribution in [0.3, 0.4) is 0 Å². The van der Waals surface area contributed by atoms with E-state index in [1.165, 1.54) is 103 Å². The Bertz CT molecular complexity index is 587. The predicted molar refractivity (Wildman–Crippen MR) is 133 cm³/mol. The summed E-state index contributed by atoms with van der Waals surface area (Å²) in [6.45, 7) is 4.64. The average molecular weight is 409 g/mol. The minimum absolute atomic E-state index is 0.794. The molecule has 0 aromatic heterocycles. The molecule has 2 aliphatic carbocycles. The highest BCUT2D eigenvalue weighted by Crippen LogP contribution is 2.44. The maximum absolute atomic E-state index is 2.52. The number of unbranched alkanes of at least 4 members (excludes halogenated alkanes) is 4. The van der Waals surface area contributed by atoms with Gasteiger partial charge in [-0.05, 0) is 86.2 Å². The van der Waals surface area contributed by atoms with Crippen molar-refractivity contribution in [3.8, 4) is 0 Å².